The van der Waals surface area contributed by atoms with Crippen molar-refractivity contribution in [2.75, 3.05) is 33.3 Å². The number of amides is 1. The number of benzene rings is 3. The van der Waals surface area contributed by atoms with Gasteiger partial charge in [-0.3, -0.25) is 19.8 Å². The molecule has 3 heterocycles. The molecule has 9 nitrogen and oxygen atoms in total. The minimum Gasteiger partial charge on any atom is -0.497 e. The number of nitro groups is 1. The number of pyridine rings is 1. The molecule has 0 radical (unpaired) electrons. The third-order valence-electron chi connectivity index (χ3n) is 7.60. The smallest absolute Gasteiger partial charge is 0.269 e. The van der Waals surface area contributed by atoms with Gasteiger partial charge in [0, 0.05) is 67.2 Å². The zero-order valence-electron chi connectivity index (χ0n) is 22.9. The van der Waals surface area contributed by atoms with E-state index in [4.69, 9.17) is 21.3 Å². The van der Waals surface area contributed by atoms with Crippen LogP contribution in [0.15, 0.2) is 91.1 Å². The first-order valence-corrected chi connectivity index (χ1v) is 13.9. The molecule has 0 atom stereocenters. The van der Waals surface area contributed by atoms with Crippen molar-refractivity contribution in [3.63, 3.8) is 0 Å². The Morgan fingerprint density at radius 3 is 2.31 bits per heavy atom. The van der Waals surface area contributed by atoms with E-state index in [1.54, 1.807) is 43.5 Å². The van der Waals surface area contributed by atoms with E-state index in [1.807, 2.05) is 41.3 Å². The van der Waals surface area contributed by atoms with Crippen LogP contribution in [-0.4, -0.2) is 63.3 Å². The number of hydrogen-bond donors (Lipinski definition) is 0. The Balaban J connectivity index is 1.29. The van der Waals surface area contributed by atoms with Crippen molar-refractivity contribution in [3.05, 3.63) is 118 Å². The molecule has 0 N–H and O–H groups in total. The first-order chi connectivity index (χ1) is 20.4. The third-order valence-corrected chi connectivity index (χ3v) is 7.83. The summed E-state index contributed by atoms with van der Waals surface area (Å²) in [6.07, 6.45) is 2.06. The number of carbonyl (C=O) groups excluding carboxylic acids is 1. The summed E-state index contributed by atoms with van der Waals surface area (Å²) in [6.45, 7) is 3.19. The van der Waals surface area contributed by atoms with Crippen LogP contribution < -0.4 is 4.74 Å². The molecule has 0 unspecified atom stereocenters. The maximum Gasteiger partial charge on any atom is 0.269 e. The standard InChI is InChI=1S/C32H28ClN5O4/c1-42-28-12-7-23(8-13-28)32(39)36-17-15-35(16-18-36)21-29-31(22-5-10-27(11-6-22)38(40)41)34-30-14-9-25(20-37(29)30)24-3-2-4-26(33)19-24/h2-14,19-20H,15-18,21H2,1H3. The highest BCUT2D eigenvalue weighted by molar-refractivity contribution is 6.30. The Bertz CT molecular complexity index is 1760. The van der Waals surface area contributed by atoms with E-state index in [1.165, 1.54) is 12.1 Å². The van der Waals surface area contributed by atoms with Gasteiger partial charge in [0.15, 0.2) is 0 Å². The van der Waals surface area contributed by atoms with Crippen LogP contribution in [0.1, 0.15) is 16.1 Å². The normalized spacial score (nSPS) is 13.8. The number of fused-ring (bicyclic) bond motifs is 1. The topological polar surface area (TPSA) is 93.2 Å². The zero-order valence-corrected chi connectivity index (χ0v) is 23.7. The summed E-state index contributed by atoms with van der Waals surface area (Å²) in [5, 5.41) is 11.9. The zero-order chi connectivity index (χ0) is 29.2. The van der Waals surface area contributed by atoms with E-state index in [0.717, 1.165) is 33.7 Å². The summed E-state index contributed by atoms with van der Waals surface area (Å²) in [5.74, 6) is 0.719. The number of methoxy groups -OCH3 is 1. The Morgan fingerprint density at radius 2 is 1.64 bits per heavy atom. The average Bonchev–Trinajstić information content (AvgIpc) is 3.38. The minimum atomic E-state index is -0.404. The van der Waals surface area contributed by atoms with Crippen LogP contribution in [0.5, 0.6) is 5.75 Å². The molecule has 1 fully saturated rings. The van der Waals surface area contributed by atoms with Gasteiger partial charge >= 0.3 is 0 Å². The van der Waals surface area contributed by atoms with E-state index < -0.39 is 4.92 Å². The number of carbonyl (C=O) groups is 1. The molecule has 1 saturated heterocycles. The molecule has 5 aromatic rings. The molecule has 10 heteroatoms. The van der Waals surface area contributed by atoms with Gasteiger partial charge in [0.1, 0.15) is 11.4 Å². The van der Waals surface area contributed by atoms with Crippen LogP contribution in [0, 0.1) is 10.1 Å². The summed E-state index contributed by atoms with van der Waals surface area (Å²) < 4.78 is 7.30. The van der Waals surface area contributed by atoms with Crippen molar-refractivity contribution in [3.8, 4) is 28.1 Å². The predicted octanol–water partition coefficient (Wildman–Crippen LogP) is 6.20. The molecule has 212 valence electrons. The van der Waals surface area contributed by atoms with Crippen molar-refractivity contribution in [1.29, 1.82) is 0 Å². The van der Waals surface area contributed by atoms with Crippen molar-refractivity contribution in [2.45, 2.75) is 6.54 Å². The number of nitrogens with zero attached hydrogens (tertiary/aromatic N) is 5. The highest BCUT2D eigenvalue weighted by atomic mass is 35.5. The lowest BCUT2D eigenvalue weighted by Crippen LogP contribution is -2.48. The number of ether oxygens (including phenoxy) is 1. The summed E-state index contributed by atoms with van der Waals surface area (Å²) >= 11 is 6.27. The average molecular weight is 582 g/mol. The van der Waals surface area contributed by atoms with E-state index in [-0.39, 0.29) is 11.6 Å². The van der Waals surface area contributed by atoms with Crippen LogP contribution in [0.2, 0.25) is 5.02 Å². The highest BCUT2D eigenvalue weighted by Crippen LogP contribution is 2.30. The van der Waals surface area contributed by atoms with Gasteiger partial charge < -0.3 is 14.0 Å². The van der Waals surface area contributed by atoms with E-state index >= 15 is 0 Å². The monoisotopic (exact) mass is 581 g/mol. The number of imidazole rings is 1. The quantitative estimate of drug-likeness (QED) is 0.168. The van der Waals surface area contributed by atoms with Gasteiger partial charge in [0.2, 0.25) is 0 Å². The predicted molar refractivity (Wildman–Crippen MR) is 162 cm³/mol. The molecule has 0 saturated carbocycles. The fraction of sp³-hybridized carbons (Fsp3) is 0.188. The van der Waals surface area contributed by atoms with Gasteiger partial charge in [-0.25, -0.2) is 4.98 Å². The number of nitro benzene ring substituents is 1. The van der Waals surface area contributed by atoms with Gasteiger partial charge in [-0.2, -0.15) is 0 Å². The van der Waals surface area contributed by atoms with Crippen LogP contribution in [0.25, 0.3) is 28.0 Å². The van der Waals surface area contributed by atoms with Crippen molar-refractivity contribution < 1.29 is 14.5 Å². The Hall–Kier alpha value is -4.73. The first kappa shape index (κ1) is 27.4. The van der Waals surface area contributed by atoms with Crippen molar-refractivity contribution >= 4 is 28.8 Å². The maximum atomic E-state index is 13.1. The van der Waals surface area contributed by atoms with Crippen LogP contribution in [0.4, 0.5) is 5.69 Å². The lowest BCUT2D eigenvalue weighted by molar-refractivity contribution is -0.384. The Labute approximate surface area is 247 Å². The molecule has 2 aromatic heterocycles. The number of piperazine rings is 1. The number of rotatable bonds is 7. The molecular formula is C32H28ClN5O4. The van der Waals surface area contributed by atoms with Crippen LogP contribution in [0.3, 0.4) is 0 Å². The van der Waals surface area contributed by atoms with Gasteiger partial charge in [-0.1, -0.05) is 23.7 Å². The number of aromatic nitrogens is 2. The van der Waals surface area contributed by atoms with E-state index in [2.05, 4.69) is 15.5 Å². The minimum absolute atomic E-state index is 0.00448. The van der Waals surface area contributed by atoms with E-state index in [9.17, 15) is 14.9 Å². The summed E-state index contributed by atoms with van der Waals surface area (Å²) in [6, 6.07) is 25.4. The maximum absolute atomic E-state index is 13.1. The van der Waals surface area contributed by atoms with E-state index in [0.29, 0.717) is 49.1 Å². The van der Waals surface area contributed by atoms with Crippen molar-refractivity contribution in [1.82, 2.24) is 19.2 Å². The molecule has 3 aromatic carbocycles. The molecule has 0 bridgehead atoms. The molecule has 0 spiro atoms. The molecular weight excluding hydrogens is 554 g/mol. The number of non-ortho nitro benzene ring substituents is 1. The highest BCUT2D eigenvalue weighted by Gasteiger charge is 2.25. The van der Waals surface area contributed by atoms with Gasteiger partial charge in [-0.15, -0.1) is 0 Å². The first-order valence-electron chi connectivity index (χ1n) is 13.6. The largest absolute Gasteiger partial charge is 0.497 e. The van der Waals surface area contributed by atoms with Crippen molar-refractivity contribution in [2.24, 2.45) is 0 Å². The lowest BCUT2D eigenvalue weighted by Gasteiger charge is -2.34. The molecule has 1 aliphatic rings. The third kappa shape index (κ3) is 5.57. The molecule has 1 aliphatic heterocycles. The van der Waals surface area contributed by atoms with Crippen LogP contribution in [-0.2, 0) is 6.54 Å². The fourth-order valence-corrected chi connectivity index (χ4v) is 5.48. The lowest BCUT2D eigenvalue weighted by atomic mass is 10.1. The summed E-state index contributed by atoms with van der Waals surface area (Å²) in [5.41, 5.74) is 5.97. The van der Waals surface area contributed by atoms with Gasteiger partial charge in [0.25, 0.3) is 11.6 Å². The molecule has 1 amide bonds. The van der Waals surface area contributed by atoms with Crippen LogP contribution >= 0.6 is 11.6 Å². The molecule has 42 heavy (non-hydrogen) atoms. The fourth-order valence-electron chi connectivity index (χ4n) is 5.29. The second-order valence-electron chi connectivity index (χ2n) is 10.2. The van der Waals surface area contributed by atoms with Gasteiger partial charge in [0.05, 0.1) is 23.4 Å². The second kappa shape index (κ2) is 11.6. The summed E-state index contributed by atoms with van der Waals surface area (Å²) in [7, 11) is 1.60. The Morgan fingerprint density at radius 1 is 0.929 bits per heavy atom. The second-order valence-corrected chi connectivity index (χ2v) is 10.6. The summed E-state index contributed by atoms with van der Waals surface area (Å²) in [4.78, 5) is 33.1. The molecule has 6 rings (SSSR count). The van der Waals surface area contributed by atoms with Gasteiger partial charge in [-0.05, 0) is 71.8 Å². The number of halogens is 1. The molecule has 0 aliphatic carbocycles. The SMILES string of the molecule is COc1ccc(C(=O)N2CCN(Cc3c(-c4ccc([N+](=O)[O-])cc4)nc4ccc(-c5cccc(Cl)c5)cn34)CC2)cc1. The number of hydrogen-bond acceptors (Lipinski definition) is 6. The Kier molecular flexibility index (Phi) is 7.60.